The third kappa shape index (κ3) is 3.93. The molecule has 7 heteroatoms. The maximum Gasteiger partial charge on any atom is 0.253 e. The van der Waals surface area contributed by atoms with Crippen LogP contribution in [0.2, 0.25) is 0 Å². The Balaban J connectivity index is 1.43. The number of hydrogen-bond acceptors (Lipinski definition) is 3. The molecule has 3 heterocycles. The van der Waals surface area contributed by atoms with Crippen LogP contribution >= 0.6 is 0 Å². The number of hydrogen-bond donors (Lipinski definition) is 1. The number of aromatic amines is 1. The molecule has 0 aliphatic carbocycles. The standard InChI is InChI=1S/C21H25FN4O2/c22-17-4-2-16(3-5-17)20(28)26-10-1-8-21(14-26)9-6-19(27)25(13-21)11-7-18-12-23-15-24-18/h2-5,12,15H,1,6-11,13-14H2,(H,23,24)/t21-/m1/s1. The minimum absolute atomic E-state index is 0.0458. The Bertz CT molecular complexity index is 837. The molecule has 28 heavy (non-hydrogen) atoms. The van der Waals surface area contributed by atoms with Crippen LogP contribution in [0.4, 0.5) is 4.39 Å². The minimum atomic E-state index is -0.342. The molecule has 0 unspecified atom stereocenters. The second-order valence-electron chi connectivity index (χ2n) is 7.98. The van der Waals surface area contributed by atoms with Gasteiger partial charge < -0.3 is 14.8 Å². The highest BCUT2D eigenvalue weighted by Gasteiger charge is 2.42. The summed E-state index contributed by atoms with van der Waals surface area (Å²) >= 11 is 0. The van der Waals surface area contributed by atoms with Crippen LogP contribution in [0.15, 0.2) is 36.8 Å². The lowest BCUT2D eigenvalue weighted by molar-refractivity contribution is -0.138. The van der Waals surface area contributed by atoms with E-state index >= 15 is 0 Å². The average molecular weight is 384 g/mol. The van der Waals surface area contributed by atoms with E-state index in [4.69, 9.17) is 0 Å². The van der Waals surface area contributed by atoms with E-state index in [0.717, 1.165) is 31.4 Å². The largest absolute Gasteiger partial charge is 0.348 e. The molecule has 2 aliphatic rings. The summed E-state index contributed by atoms with van der Waals surface area (Å²) < 4.78 is 13.2. The molecule has 1 atom stereocenters. The second-order valence-corrected chi connectivity index (χ2v) is 7.98. The molecule has 2 fully saturated rings. The van der Waals surface area contributed by atoms with Crippen molar-refractivity contribution < 1.29 is 14.0 Å². The zero-order valence-corrected chi connectivity index (χ0v) is 15.9. The summed E-state index contributed by atoms with van der Waals surface area (Å²) in [6.07, 6.45) is 7.48. The summed E-state index contributed by atoms with van der Waals surface area (Å²) in [6, 6.07) is 5.73. The molecule has 148 valence electrons. The number of H-pyrrole nitrogens is 1. The summed E-state index contributed by atoms with van der Waals surface area (Å²) in [6.45, 7) is 2.71. The Kier molecular flexibility index (Phi) is 5.15. The smallest absolute Gasteiger partial charge is 0.253 e. The molecule has 1 spiro atoms. The van der Waals surface area contributed by atoms with E-state index in [0.29, 0.717) is 38.2 Å². The molecule has 2 saturated heterocycles. The van der Waals surface area contributed by atoms with E-state index in [2.05, 4.69) is 9.97 Å². The highest BCUT2D eigenvalue weighted by molar-refractivity contribution is 5.94. The van der Waals surface area contributed by atoms with Gasteiger partial charge in [0.2, 0.25) is 5.91 Å². The molecule has 2 amide bonds. The monoisotopic (exact) mass is 384 g/mol. The number of rotatable bonds is 4. The van der Waals surface area contributed by atoms with Crippen molar-refractivity contribution in [3.63, 3.8) is 0 Å². The van der Waals surface area contributed by atoms with E-state index in [-0.39, 0.29) is 23.0 Å². The normalized spacial score (nSPS) is 22.7. The van der Waals surface area contributed by atoms with Gasteiger partial charge in [0, 0.05) is 61.9 Å². The van der Waals surface area contributed by atoms with E-state index < -0.39 is 0 Å². The summed E-state index contributed by atoms with van der Waals surface area (Å²) in [7, 11) is 0. The molecule has 1 aromatic carbocycles. The lowest BCUT2D eigenvalue weighted by Gasteiger charge is -2.48. The van der Waals surface area contributed by atoms with Crippen LogP contribution < -0.4 is 0 Å². The topological polar surface area (TPSA) is 69.3 Å². The predicted molar refractivity (Wildman–Crippen MR) is 102 cm³/mol. The predicted octanol–water partition coefficient (Wildman–Crippen LogP) is 2.64. The van der Waals surface area contributed by atoms with Crippen LogP contribution in [-0.2, 0) is 11.2 Å². The van der Waals surface area contributed by atoms with Crippen LogP contribution in [0.5, 0.6) is 0 Å². The lowest BCUT2D eigenvalue weighted by atomic mass is 9.73. The number of nitrogens with zero attached hydrogens (tertiary/aromatic N) is 3. The van der Waals surface area contributed by atoms with Crippen LogP contribution in [0.1, 0.15) is 41.7 Å². The number of halogens is 1. The van der Waals surface area contributed by atoms with Crippen LogP contribution in [-0.4, -0.2) is 57.8 Å². The number of likely N-dealkylation sites (tertiary alicyclic amines) is 2. The number of amides is 2. The third-order valence-corrected chi connectivity index (χ3v) is 5.99. The van der Waals surface area contributed by atoms with Gasteiger partial charge in [0.25, 0.3) is 5.91 Å². The Labute approximate surface area is 163 Å². The quantitative estimate of drug-likeness (QED) is 0.881. The van der Waals surface area contributed by atoms with Gasteiger partial charge in [0.15, 0.2) is 0 Å². The molecular weight excluding hydrogens is 359 g/mol. The third-order valence-electron chi connectivity index (χ3n) is 5.99. The molecule has 0 bridgehead atoms. The van der Waals surface area contributed by atoms with E-state index in [1.165, 1.54) is 12.1 Å². The fourth-order valence-corrected chi connectivity index (χ4v) is 4.47. The summed E-state index contributed by atoms with van der Waals surface area (Å²) in [5, 5.41) is 0. The van der Waals surface area contributed by atoms with Crippen molar-refractivity contribution >= 4 is 11.8 Å². The van der Waals surface area contributed by atoms with Gasteiger partial charge >= 0.3 is 0 Å². The van der Waals surface area contributed by atoms with Gasteiger partial charge in [-0.3, -0.25) is 9.59 Å². The molecule has 2 aromatic rings. The van der Waals surface area contributed by atoms with Gasteiger partial charge in [-0.15, -0.1) is 0 Å². The van der Waals surface area contributed by atoms with Gasteiger partial charge in [0.1, 0.15) is 5.82 Å². The summed E-state index contributed by atoms with van der Waals surface area (Å²) in [5.74, 6) is -0.211. The fourth-order valence-electron chi connectivity index (χ4n) is 4.47. The number of carbonyl (C=O) groups excluding carboxylic acids is 2. The van der Waals surface area contributed by atoms with Crippen molar-refractivity contribution in [1.82, 2.24) is 19.8 Å². The summed E-state index contributed by atoms with van der Waals surface area (Å²) in [5.41, 5.74) is 1.49. The maximum atomic E-state index is 13.2. The first kappa shape index (κ1) is 18.7. The molecule has 6 nitrogen and oxygen atoms in total. The molecule has 0 radical (unpaired) electrons. The zero-order valence-electron chi connectivity index (χ0n) is 15.9. The maximum absolute atomic E-state index is 13.2. The van der Waals surface area contributed by atoms with E-state index in [1.54, 1.807) is 24.7 Å². The van der Waals surface area contributed by atoms with Gasteiger partial charge in [-0.2, -0.15) is 0 Å². The van der Waals surface area contributed by atoms with E-state index in [1.807, 2.05) is 9.80 Å². The lowest BCUT2D eigenvalue weighted by Crippen LogP contribution is -2.55. The second kappa shape index (κ2) is 7.73. The zero-order chi connectivity index (χ0) is 19.6. The number of nitrogens with one attached hydrogen (secondary N) is 1. The van der Waals surface area contributed by atoms with Gasteiger partial charge in [-0.25, -0.2) is 9.37 Å². The first-order chi connectivity index (χ1) is 13.5. The van der Waals surface area contributed by atoms with Gasteiger partial charge in [0.05, 0.1) is 6.33 Å². The van der Waals surface area contributed by atoms with Crippen molar-refractivity contribution in [2.24, 2.45) is 5.41 Å². The first-order valence-corrected chi connectivity index (χ1v) is 9.85. The van der Waals surface area contributed by atoms with Crippen molar-refractivity contribution in [3.05, 3.63) is 53.9 Å². The Morgan fingerprint density at radius 3 is 2.79 bits per heavy atom. The van der Waals surface area contributed by atoms with E-state index in [9.17, 15) is 14.0 Å². The average Bonchev–Trinajstić information content (AvgIpc) is 3.23. The van der Waals surface area contributed by atoms with Crippen LogP contribution in [0, 0.1) is 11.2 Å². The van der Waals surface area contributed by atoms with Crippen molar-refractivity contribution in [2.75, 3.05) is 26.2 Å². The Hall–Kier alpha value is -2.70. The summed E-state index contributed by atoms with van der Waals surface area (Å²) in [4.78, 5) is 36.2. The molecule has 1 aromatic heterocycles. The Morgan fingerprint density at radius 1 is 1.21 bits per heavy atom. The first-order valence-electron chi connectivity index (χ1n) is 9.85. The van der Waals surface area contributed by atoms with Crippen LogP contribution in [0.25, 0.3) is 0 Å². The number of piperidine rings is 2. The molecule has 0 saturated carbocycles. The highest BCUT2D eigenvalue weighted by atomic mass is 19.1. The SMILES string of the molecule is O=C1CC[C@]2(CCCN(C(=O)c3ccc(F)cc3)C2)CN1CCc1cnc[nH]1. The van der Waals surface area contributed by atoms with Crippen LogP contribution in [0.3, 0.4) is 0 Å². The van der Waals surface area contributed by atoms with Crippen molar-refractivity contribution in [2.45, 2.75) is 32.1 Å². The molecule has 2 aliphatic heterocycles. The number of aromatic nitrogens is 2. The number of benzene rings is 1. The Morgan fingerprint density at radius 2 is 2.04 bits per heavy atom. The van der Waals surface area contributed by atoms with Crippen molar-refractivity contribution in [1.29, 1.82) is 0 Å². The molecule has 4 rings (SSSR count). The molecule has 1 N–H and O–H groups in total. The minimum Gasteiger partial charge on any atom is -0.348 e. The fraction of sp³-hybridized carbons (Fsp3) is 0.476. The number of carbonyl (C=O) groups is 2. The highest BCUT2D eigenvalue weighted by Crippen LogP contribution is 2.39. The van der Waals surface area contributed by atoms with Gasteiger partial charge in [-0.05, 0) is 43.5 Å². The number of imidazole rings is 1. The van der Waals surface area contributed by atoms with Gasteiger partial charge in [-0.1, -0.05) is 0 Å². The molecular formula is C21H25FN4O2. The van der Waals surface area contributed by atoms with Crippen molar-refractivity contribution in [3.8, 4) is 0 Å².